The molecule has 1 atom stereocenters. The minimum absolute atomic E-state index is 0.0348. The molecule has 1 aliphatic heterocycles. The quantitative estimate of drug-likeness (QED) is 0.554. The summed E-state index contributed by atoms with van der Waals surface area (Å²) in [5, 5.41) is 13.2. The fourth-order valence-corrected chi connectivity index (χ4v) is 4.74. The topological polar surface area (TPSA) is 79.2 Å². The molecule has 0 bridgehead atoms. The number of carbonyl (C=O) groups is 2. The van der Waals surface area contributed by atoms with Crippen LogP contribution >= 0.6 is 0 Å². The fourth-order valence-electron chi connectivity index (χ4n) is 4.74. The molecule has 4 rings (SSSR count). The summed E-state index contributed by atoms with van der Waals surface area (Å²) in [5.74, 6) is -1.08. The molecule has 2 aliphatic rings. The van der Waals surface area contributed by atoms with Crippen LogP contribution < -0.4 is 5.32 Å². The summed E-state index contributed by atoms with van der Waals surface area (Å²) in [6.45, 7) is 7.63. The van der Waals surface area contributed by atoms with E-state index in [1.165, 1.54) is 0 Å². The summed E-state index contributed by atoms with van der Waals surface area (Å²) in [7, 11) is 0. The maximum Gasteiger partial charge on any atom is 0.337 e. The Balaban J connectivity index is 1.93. The van der Waals surface area contributed by atoms with Crippen LogP contribution in [0.3, 0.4) is 0 Å². The Bertz CT molecular complexity index is 1230. The van der Waals surface area contributed by atoms with Crippen molar-refractivity contribution in [3.63, 3.8) is 0 Å². The lowest BCUT2D eigenvalue weighted by molar-refractivity contribution is -0.145. The van der Waals surface area contributed by atoms with Gasteiger partial charge in [0.05, 0.1) is 23.1 Å². The van der Waals surface area contributed by atoms with E-state index in [9.17, 15) is 14.9 Å². The van der Waals surface area contributed by atoms with Crippen molar-refractivity contribution in [3.05, 3.63) is 81.7 Å². The van der Waals surface area contributed by atoms with Crippen LogP contribution in [0.1, 0.15) is 67.9 Å². The number of esters is 1. The predicted molar refractivity (Wildman–Crippen MR) is 123 cm³/mol. The molecule has 5 nitrogen and oxygen atoms in total. The highest BCUT2D eigenvalue weighted by molar-refractivity contribution is 6.22. The van der Waals surface area contributed by atoms with E-state index in [1.807, 2.05) is 70.2 Å². The van der Waals surface area contributed by atoms with Gasteiger partial charge in [-0.15, -0.1) is 0 Å². The lowest BCUT2D eigenvalue weighted by Gasteiger charge is -2.30. The maximum absolute atomic E-state index is 13.4. The molecule has 0 saturated carbocycles. The summed E-state index contributed by atoms with van der Waals surface area (Å²) in [6, 6.07) is 15.3. The Kier molecular flexibility index (Phi) is 5.71. The average molecular weight is 427 g/mol. The summed E-state index contributed by atoms with van der Waals surface area (Å²) in [5.41, 5.74) is 5.88. The summed E-state index contributed by atoms with van der Waals surface area (Å²) < 4.78 is 5.81. The Morgan fingerprint density at radius 2 is 1.69 bits per heavy atom. The highest BCUT2D eigenvalue weighted by Gasteiger charge is 2.39. The van der Waals surface area contributed by atoms with E-state index in [0.717, 1.165) is 29.5 Å². The van der Waals surface area contributed by atoms with Crippen LogP contribution in [-0.4, -0.2) is 17.9 Å². The Labute approximate surface area is 188 Å². The normalized spacial score (nSPS) is 17.1. The number of allylic oxidation sites excluding steroid dienone is 3. The maximum atomic E-state index is 13.4. The fraction of sp³-hybridized carbons (Fsp3) is 0.296. The lowest BCUT2D eigenvalue weighted by atomic mass is 9.78. The van der Waals surface area contributed by atoms with Gasteiger partial charge in [0, 0.05) is 22.5 Å². The van der Waals surface area contributed by atoms with Crippen molar-refractivity contribution >= 4 is 11.8 Å². The van der Waals surface area contributed by atoms with Crippen LogP contribution in [0.4, 0.5) is 0 Å². The molecular formula is C27H26N2O3. The van der Waals surface area contributed by atoms with Crippen LogP contribution in [0.15, 0.2) is 65.0 Å². The third kappa shape index (κ3) is 3.33. The van der Waals surface area contributed by atoms with E-state index in [0.29, 0.717) is 33.7 Å². The van der Waals surface area contributed by atoms with E-state index >= 15 is 0 Å². The van der Waals surface area contributed by atoms with Gasteiger partial charge in [-0.05, 0) is 43.4 Å². The molecule has 1 unspecified atom stereocenters. The van der Waals surface area contributed by atoms with E-state index in [1.54, 1.807) is 0 Å². The second-order valence-corrected chi connectivity index (χ2v) is 8.24. The van der Waals surface area contributed by atoms with Crippen molar-refractivity contribution < 1.29 is 14.3 Å². The first kappa shape index (κ1) is 21.6. The zero-order chi connectivity index (χ0) is 23.0. The molecule has 1 aliphatic carbocycles. The minimum atomic E-state index is -0.614. The number of nitrogens with zero attached hydrogens (tertiary/aromatic N) is 1. The molecule has 2 aromatic rings. The molecule has 2 aromatic carbocycles. The zero-order valence-corrected chi connectivity index (χ0v) is 18.8. The average Bonchev–Trinajstić information content (AvgIpc) is 3.09. The van der Waals surface area contributed by atoms with Crippen molar-refractivity contribution in [2.75, 3.05) is 0 Å². The van der Waals surface area contributed by atoms with Gasteiger partial charge in [0.2, 0.25) is 0 Å². The van der Waals surface area contributed by atoms with Crippen molar-refractivity contribution in [1.29, 1.82) is 5.26 Å². The number of carbonyl (C=O) groups excluding carboxylic acids is 2. The summed E-state index contributed by atoms with van der Waals surface area (Å²) >= 11 is 0. The number of ether oxygens (including phenoxy) is 1. The second-order valence-electron chi connectivity index (χ2n) is 8.24. The van der Waals surface area contributed by atoms with Gasteiger partial charge in [0.15, 0.2) is 5.78 Å². The third-order valence-corrected chi connectivity index (χ3v) is 6.38. The van der Waals surface area contributed by atoms with Gasteiger partial charge in [-0.3, -0.25) is 4.79 Å². The number of rotatable bonds is 5. The molecule has 0 fully saturated rings. The Hall–Kier alpha value is -3.65. The van der Waals surface area contributed by atoms with Crippen molar-refractivity contribution in [2.45, 2.75) is 52.6 Å². The molecule has 162 valence electrons. The summed E-state index contributed by atoms with van der Waals surface area (Å²) in [6.07, 6.45) is 1.25. The Morgan fingerprint density at radius 3 is 2.34 bits per heavy atom. The molecule has 0 aromatic heterocycles. The number of ketones is 1. The highest BCUT2D eigenvalue weighted by atomic mass is 16.5. The van der Waals surface area contributed by atoms with Crippen LogP contribution in [0.5, 0.6) is 0 Å². The third-order valence-electron chi connectivity index (χ3n) is 6.38. The van der Waals surface area contributed by atoms with Gasteiger partial charge in [0.1, 0.15) is 6.10 Å². The van der Waals surface area contributed by atoms with Gasteiger partial charge in [-0.1, -0.05) is 56.3 Å². The first-order valence-corrected chi connectivity index (χ1v) is 11.0. The van der Waals surface area contributed by atoms with Gasteiger partial charge in [0.25, 0.3) is 0 Å². The number of nitrogens with one attached hydrogen (secondary N) is 1. The smallest absolute Gasteiger partial charge is 0.337 e. The molecule has 1 N–H and O–H groups in total. The number of hydrogen-bond donors (Lipinski definition) is 1. The standard InChI is InChI=1S/C27H26N2O3/c1-5-17(6-2)32-27(31)23-16(4)29-15(3)22(14-28)25(23)20-12-9-13-21-24(20)18-10-7-8-11-19(18)26(21)30/h7-13,17,25,29H,5-6H2,1-4H3. The van der Waals surface area contributed by atoms with Crippen LogP contribution in [-0.2, 0) is 9.53 Å². The van der Waals surface area contributed by atoms with Crippen molar-refractivity contribution in [1.82, 2.24) is 5.32 Å². The Morgan fingerprint density at radius 1 is 1.03 bits per heavy atom. The largest absolute Gasteiger partial charge is 0.459 e. The predicted octanol–water partition coefficient (Wildman–Crippen LogP) is 5.39. The van der Waals surface area contributed by atoms with E-state index in [-0.39, 0.29) is 11.9 Å². The molecular weight excluding hydrogens is 400 g/mol. The molecule has 0 amide bonds. The number of hydrogen-bond acceptors (Lipinski definition) is 5. The zero-order valence-electron chi connectivity index (χ0n) is 18.8. The molecule has 0 spiro atoms. The molecule has 5 heteroatoms. The molecule has 0 saturated heterocycles. The van der Waals surface area contributed by atoms with Crippen LogP contribution in [0.2, 0.25) is 0 Å². The van der Waals surface area contributed by atoms with Gasteiger partial charge in [-0.25, -0.2) is 4.79 Å². The molecule has 1 heterocycles. The first-order valence-electron chi connectivity index (χ1n) is 11.0. The monoisotopic (exact) mass is 426 g/mol. The van der Waals surface area contributed by atoms with Crippen molar-refractivity contribution in [3.8, 4) is 17.2 Å². The highest BCUT2D eigenvalue weighted by Crippen LogP contribution is 2.47. The van der Waals surface area contributed by atoms with Gasteiger partial charge < -0.3 is 10.1 Å². The number of nitriles is 1. The van der Waals surface area contributed by atoms with Gasteiger partial charge >= 0.3 is 5.97 Å². The SMILES string of the molecule is CCC(CC)OC(=O)C1=C(C)NC(C)=C(C#N)C1c1cccc2c1-c1ccccc1C2=O. The summed E-state index contributed by atoms with van der Waals surface area (Å²) in [4.78, 5) is 26.4. The first-order chi connectivity index (χ1) is 15.4. The van der Waals surface area contributed by atoms with E-state index < -0.39 is 11.9 Å². The van der Waals surface area contributed by atoms with E-state index in [2.05, 4.69) is 11.4 Å². The lowest BCUT2D eigenvalue weighted by Crippen LogP contribution is -2.30. The number of fused-ring (bicyclic) bond motifs is 3. The molecule has 0 radical (unpaired) electrons. The molecule has 32 heavy (non-hydrogen) atoms. The van der Waals surface area contributed by atoms with Crippen molar-refractivity contribution in [2.24, 2.45) is 0 Å². The van der Waals surface area contributed by atoms with Crippen LogP contribution in [0.25, 0.3) is 11.1 Å². The second kappa shape index (κ2) is 8.47. The van der Waals surface area contributed by atoms with Gasteiger partial charge in [-0.2, -0.15) is 5.26 Å². The minimum Gasteiger partial charge on any atom is -0.459 e. The van der Waals surface area contributed by atoms with Crippen LogP contribution in [0, 0.1) is 11.3 Å². The number of dihydropyridines is 1. The van der Waals surface area contributed by atoms with E-state index in [4.69, 9.17) is 4.74 Å². The number of benzene rings is 2.